The molecule has 1 N–H and O–H groups in total. The monoisotopic (exact) mass is 402 g/mol. The van der Waals surface area contributed by atoms with E-state index in [-0.39, 0.29) is 35.1 Å². The Hall–Kier alpha value is -2.90. The predicted molar refractivity (Wildman–Crippen MR) is 103 cm³/mol. The van der Waals surface area contributed by atoms with Gasteiger partial charge < -0.3 is 19.5 Å². The Kier molecular flexibility index (Phi) is 5.96. The quantitative estimate of drug-likeness (QED) is 0.454. The van der Waals surface area contributed by atoms with E-state index in [1.807, 2.05) is 0 Å². The van der Waals surface area contributed by atoms with Crippen molar-refractivity contribution in [2.75, 3.05) is 27.4 Å². The highest BCUT2D eigenvalue weighted by Crippen LogP contribution is 2.40. The lowest BCUT2D eigenvalue weighted by Crippen LogP contribution is -2.32. The molecular formula is C20H19ClN2O5. The van der Waals surface area contributed by atoms with Crippen LogP contribution in [0.15, 0.2) is 48.3 Å². The Bertz CT molecular complexity index is 929. The van der Waals surface area contributed by atoms with Crippen LogP contribution < -0.4 is 4.74 Å². The molecule has 3 rings (SSSR count). The molecule has 1 fully saturated rings. The van der Waals surface area contributed by atoms with Gasteiger partial charge in [0.05, 0.1) is 30.4 Å². The number of pyridine rings is 1. The lowest BCUT2D eigenvalue weighted by atomic mass is 9.96. The van der Waals surface area contributed by atoms with Gasteiger partial charge in [-0.15, -0.1) is 0 Å². The second-order valence-corrected chi connectivity index (χ2v) is 6.52. The number of aromatic nitrogens is 1. The van der Waals surface area contributed by atoms with Crippen molar-refractivity contribution in [1.29, 1.82) is 0 Å². The van der Waals surface area contributed by atoms with E-state index in [2.05, 4.69) is 4.98 Å². The van der Waals surface area contributed by atoms with E-state index >= 15 is 0 Å². The number of aliphatic hydroxyl groups is 1. The molecule has 2 aromatic rings. The number of halogens is 1. The molecule has 1 aliphatic rings. The highest BCUT2D eigenvalue weighted by molar-refractivity contribution is 6.47. The lowest BCUT2D eigenvalue weighted by molar-refractivity contribution is -0.140. The average Bonchev–Trinajstić information content (AvgIpc) is 2.97. The third-order valence-corrected chi connectivity index (χ3v) is 4.86. The first-order chi connectivity index (χ1) is 13.5. The van der Waals surface area contributed by atoms with E-state index in [4.69, 9.17) is 21.1 Å². The van der Waals surface area contributed by atoms with Gasteiger partial charge in [-0.1, -0.05) is 11.6 Å². The Morgan fingerprint density at radius 3 is 2.57 bits per heavy atom. The Labute approximate surface area is 167 Å². The number of carbonyl (C=O) groups is 2. The summed E-state index contributed by atoms with van der Waals surface area (Å²) in [5.74, 6) is -1.39. The molecule has 146 valence electrons. The van der Waals surface area contributed by atoms with Crippen LogP contribution in [0.5, 0.6) is 5.75 Å². The highest BCUT2D eigenvalue weighted by atomic mass is 35.5. The van der Waals surface area contributed by atoms with Gasteiger partial charge in [0.1, 0.15) is 11.5 Å². The van der Waals surface area contributed by atoms with Crippen molar-refractivity contribution in [3.8, 4) is 5.75 Å². The molecule has 0 spiro atoms. The smallest absolute Gasteiger partial charge is 0.295 e. The number of nitrogens with zero attached hydrogens (tertiary/aromatic N) is 2. The third kappa shape index (κ3) is 3.58. The number of methoxy groups -OCH3 is 2. The summed E-state index contributed by atoms with van der Waals surface area (Å²) in [6, 6.07) is 7.31. The fourth-order valence-corrected chi connectivity index (χ4v) is 3.36. The molecule has 2 heterocycles. The van der Waals surface area contributed by atoms with Gasteiger partial charge in [-0.25, -0.2) is 0 Å². The van der Waals surface area contributed by atoms with Crippen molar-refractivity contribution in [2.24, 2.45) is 0 Å². The minimum atomic E-state index is -0.783. The zero-order valence-corrected chi connectivity index (χ0v) is 16.1. The van der Waals surface area contributed by atoms with Gasteiger partial charge in [-0.3, -0.25) is 14.6 Å². The standard InChI is InChI=1S/C20H19ClN2O5/c1-27-10-9-23-17(12-5-7-22-8-6-12)16(19(25)20(23)26)18(24)14-11-13(28-2)3-4-15(14)21/h3-8,11,17,24H,9-10H2,1-2H3/b18-16+. The minimum absolute atomic E-state index is 0.0394. The van der Waals surface area contributed by atoms with Crippen molar-refractivity contribution >= 4 is 29.1 Å². The number of amides is 1. The number of hydrogen-bond acceptors (Lipinski definition) is 6. The maximum atomic E-state index is 12.8. The van der Waals surface area contributed by atoms with Gasteiger partial charge in [-0.2, -0.15) is 0 Å². The summed E-state index contributed by atoms with van der Waals surface area (Å²) in [7, 11) is 2.99. The summed E-state index contributed by atoms with van der Waals surface area (Å²) in [6.07, 6.45) is 3.12. The van der Waals surface area contributed by atoms with Crippen molar-refractivity contribution in [1.82, 2.24) is 9.88 Å². The molecular weight excluding hydrogens is 384 g/mol. The van der Waals surface area contributed by atoms with Crippen LogP contribution in [0.2, 0.25) is 5.02 Å². The van der Waals surface area contributed by atoms with Gasteiger partial charge in [-0.05, 0) is 35.9 Å². The van der Waals surface area contributed by atoms with Crippen LogP contribution in [0, 0.1) is 0 Å². The zero-order valence-electron chi connectivity index (χ0n) is 15.4. The van der Waals surface area contributed by atoms with E-state index in [9.17, 15) is 14.7 Å². The average molecular weight is 403 g/mol. The van der Waals surface area contributed by atoms with Crippen molar-refractivity contribution in [3.63, 3.8) is 0 Å². The van der Waals surface area contributed by atoms with Gasteiger partial charge >= 0.3 is 0 Å². The van der Waals surface area contributed by atoms with Crippen LogP contribution in [-0.4, -0.2) is 54.1 Å². The number of aliphatic hydroxyl groups excluding tert-OH is 1. The van der Waals surface area contributed by atoms with Gasteiger partial charge in [0.25, 0.3) is 11.7 Å². The van der Waals surface area contributed by atoms with Crippen LogP contribution in [0.1, 0.15) is 17.2 Å². The molecule has 0 radical (unpaired) electrons. The summed E-state index contributed by atoms with van der Waals surface area (Å²) < 4.78 is 10.2. The van der Waals surface area contributed by atoms with Gasteiger partial charge in [0.15, 0.2) is 0 Å². The van der Waals surface area contributed by atoms with E-state index < -0.39 is 17.7 Å². The van der Waals surface area contributed by atoms with E-state index in [0.29, 0.717) is 11.3 Å². The number of Topliss-reactive ketones (excluding diaryl/α,β-unsaturated/α-hetero) is 1. The number of hydrogen-bond donors (Lipinski definition) is 1. The van der Waals surface area contributed by atoms with Crippen molar-refractivity contribution in [3.05, 3.63) is 64.4 Å². The topological polar surface area (TPSA) is 89.0 Å². The van der Waals surface area contributed by atoms with Gasteiger partial charge in [0.2, 0.25) is 0 Å². The molecule has 1 aromatic heterocycles. The molecule has 1 aliphatic heterocycles. The summed E-state index contributed by atoms with van der Waals surface area (Å²) in [5, 5.41) is 11.2. The van der Waals surface area contributed by atoms with E-state index in [1.165, 1.54) is 25.2 Å². The maximum Gasteiger partial charge on any atom is 0.295 e. The fraction of sp³-hybridized carbons (Fsp3) is 0.250. The Morgan fingerprint density at radius 1 is 1.21 bits per heavy atom. The van der Waals surface area contributed by atoms with Crippen LogP contribution in [-0.2, 0) is 14.3 Å². The molecule has 1 atom stereocenters. The normalized spacial score (nSPS) is 18.5. The molecule has 1 amide bonds. The SMILES string of the molecule is COCCN1C(=O)C(=O)/C(=C(/O)c2cc(OC)ccc2Cl)C1c1ccncc1. The number of rotatable bonds is 6. The second kappa shape index (κ2) is 8.41. The number of ketones is 1. The van der Waals surface area contributed by atoms with E-state index in [1.54, 1.807) is 36.7 Å². The van der Waals surface area contributed by atoms with Crippen LogP contribution >= 0.6 is 11.6 Å². The summed E-state index contributed by atoms with van der Waals surface area (Å²) in [4.78, 5) is 30.8. The second-order valence-electron chi connectivity index (χ2n) is 6.11. The first kappa shape index (κ1) is 19.9. The van der Waals surface area contributed by atoms with Crippen LogP contribution in [0.25, 0.3) is 5.76 Å². The van der Waals surface area contributed by atoms with Crippen LogP contribution in [0.3, 0.4) is 0 Å². The Morgan fingerprint density at radius 2 is 1.93 bits per heavy atom. The first-order valence-electron chi connectivity index (χ1n) is 8.50. The molecule has 0 aliphatic carbocycles. The summed E-state index contributed by atoms with van der Waals surface area (Å²) >= 11 is 6.23. The molecule has 28 heavy (non-hydrogen) atoms. The minimum Gasteiger partial charge on any atom is -0.507 e. The molecule has 8 heteroatoms. The molecule has 1 unspecified atom stereocenters. The number of likely N-dealkylation sites (tertiary alicyclic amines) is 1. The predicted octanol–water partition coefficient (Wildman–Crippen LogP) is 2.81. The number of benzene rings is 1. The Balaban J connectivity index is 2.19. The number of ether oxygens (including phenoxy) is 2. The van der Waals surface area contributed by atoms with Crippen molar-refractivity contribution in [2.45, 2.75) is 6.04 Å². The summed E-state index contributed by atoms with van der Waals surface area (Å²) in [5.41, 5.74) is 0.818. The third-order valence-electron chi connectivity index (χ3n) is 4.53. The maximum absolute atomic E-state index is 12.8. The highest BCUT2D eigenvalue weighted by Gasteiger charge is 2.46. The number of carbonyl (C=O) groups excluding carboxylic acids is 2. The largest absolute Gasteiger partial charge is 0.507 e. The summed E-state index contributed by atoms with van der Waals surface area (Å²) in [6.45, 7) is 0.436. The molecule has 7 nitrogen and oxygen atoms in total. The lowest BCUT2D eigenvalue weighted by Gasteiger charge is -2.25. The first-order valence-corrected chi connectivity index (χ1v) is 8.88. The molecule has 0 bridgehead atoms. The molecule has 0 saturated carbocycles. The molecule has 1 aromatic carbocycles. The fourth-order valence-electron chi connectivity index (χ4n) is 3.15. The van der Waals surface area contributed by atoms with Crippen LogP contribution in [0.4, 0.5) is 0 Å². The van der Waals surface area contributed by atoms with Crippen molar-refractivity contribution < 1.29 is 24.2 Å². The molecule has 1 saturated heterocycles. The van der Waals surface area contributed by atoms with Gasteiger partial charge in [0, 0.05) is 31.6 Å². The van der Waals surface area contributed by atoms with E-state index in [0.717, 1.165) is 0 Å². The zero-order chi connectivity index (χ0) is 20.3.